The van der Waals surface area contributed by atoms with Crippen molar-refractivity contribution in [2.75, 3.05) is 19.9 Å². The Balaban J connectivity index is 1.90. The predicted octanol–water partition coefficient (Wildman–Crippen LogP) is 3.81. The van der Waals surface area contributed by atoms with Gasteiger partial charge in [-0.3, -0.25) is 4.79 Å². The first-order valence-corrected chi connectivity index (χ1v) is 9.80. The first-order valence-electron chi connectivity index (χ1n) is 8.00. The molecule has 0 amide bonds. The number of nitrogens with one attached hydrogen (secondary N) is 1. The lowest BCUT2D eigenvalue weighted by atomic mass is 10.3. The zero-order chi connectivity index (χ0) is 20.3. The quantitative estimate of drug-likeness (QED) is 0.348. The Kier molecular flexibility index (Phi) is 6.16. The number of methoxy groups -OCH3 is 1. The van der Waals surface area contributed by atoms with Crippen LogP contribution in [0.3, 0.4) is 0 Å². The minimum atomic E-state index is -4.71. The largest absolute Gasteiger partial charge is 0.481 e. The van der Waals surface area contributed by atoms with Gasteiger partial charge in [0, 0.05) is 22.9 Å². The maximum atomic E-state index is 13.1. The van der Waals surface area contributed by atoms with Crippen LogP contribution in [-0.4, -0.2) is 40.6 Å². The van der Waals surface area contributed by atoms with E-state index in [0.29, 0.717) is 16.8 Å². The lowest BCUT2D eigenvalue weighted by Crippen LogP contribution is -2.12. The molecule has 0 fully saturated rings. The average Bonchev–Trinajstić information content (AvgIpc) is 3.13. The topological polar surface area (TPSA) is 77.0 Å². The van der Waals surface area contributed by atoms with Gasteiger partial charge in [-0.15, -0.1) is 11.3 Å². The second kappa shape index (κ2) is 8.41. The first kappa shape index (κ1) is 20.5. The number of nitrogens with zero attached hydrogens (tertiary/aromatic N) is 3. The molecule has 0 aliphatic rings. The molecule has 0 saturated carbocycles. The van der Waals surface area contributed by atoms with Crippen molar-refractivity contribution in [3.05, 3.63) is 40.0 Å². The smallest absolute Gasteiger partial charge is 0.451 e. The summed E-state index contributed by atoms with van der Waals surface area (Å²) in [5.41, 5.74) is 0.0329. The molecule has 0 spiro atoms. The van der Waals surface area contributed by atoms with E-state index >= 15 is 0 Å². The third kappa shape index (κ3) is 4.59. The second-order valence-electron chi connectivity index (χ2n) is 5.60. The predicted molar refractivity (Wildman–Crippen MR) is 101 cm³/mol. The van der Waals surface area contributed by atoms with Gasteiger partial charge in [-0.1, -0.05) is 11.8 Å². The zero-order valence-electron chi connectivity index (χ0n) is 14.8. The summed E-state index contributed by atoms with van der Waals surface area (Å²) in [5, 5.41) is 3.40. The van der Waals surface area contributed by atoms with Gasteiger partial charge in [-0.2, -0.15) is 13.2 Å². The Morgan fingerprint density at radius 2 is 2.11 bits per heavy atom. The summed E-state index contributed by atoms with van der Waals surface area (Å²) in [6.07, 6.45) is -3.51. The minimum absolute atomic E-state index is 0.0329. The number of Topliss-reactive ketones (excluding diaryl/α,β-unsaturated/α-hetero) is 1. The number of carbonyl (C=O) groups excluding carboxylic acids is 1. The van der Waals surface area contributed by atoms with Crippen LogP contribution in [0.15, 0.2) is 29.4 Å². The summed E-state index contributed by atoms with van der Waals surface area (Å²) in [4.78, 5) is 25.0. The second-order valence-corrected chi connectivity index (χ2v) is 7.73. The first-order chi connectivity index (χ1) is 13.3. The van der Waals surface area contributed by atoms with Crippen molar-refractivity contribution in [1.82, 2.24) is 20.3 Å². The van der Waals surface area contributed by atoms with E-state index in [1.807, 2.05) is 6.07 Å². The Hall–Kier alpha value is -2.24. The molecule has 6 nitrogen and oxygen atoms in total. The molecular weight excluding hydrogens is 413 g/mol. The van der Waals surface area contributed by atoms with Gasteiger partial charge in [0.1, 0.15) is 5.03 Å². The van der Waals surface area contributed by atoms with E-state index < -0.39 is 12.0 Å². The molecule has 0 atom stereocenters. The van der Waals surface area contributed by atoms with Crippen LogP contribution in [0.2, 0.25) is 0 Å². The van der Waals surface area contributed by atoms with Crippen LogP contribution in [0.4, 0.5) is 13.2 Å². The number of aromatic nitrogens is 3. The fraction of sp³-hybridized carbons (Fsp3) is 0.294. The molecule has 0 aliphatic heterocycles. The van der Waals surface area contributed by atoms with Crippen molar-refractivity contribution in [2.24, 2.45) is 0 Å². The van der Waals surface area contributed by atoms with Crippen molar-refractivity contribution in [3.63, 3.8) is 0 Å². The number of hydrogen-bond acceptors (Lipinski definition) is 8. The highest BCUT2D eigenvalue weighted by Crippen LogP contribution is 2.33. The fourth-order valence-corrected chi connectivity index (χ4v) is 4.28. The number of halogens is 3. The van der Waals surface area contributed by atoms with Crippen LogP contribution in [0, 0.1) is 0 Å². The van der Waals surface area contributed by atoms with E-state index in [-0.39, 0.29) is 28.0 Å². The Labute approximate surface area is 166 Å². The van der Waals surface area contributed by atoms with Gasteiger partial charge in [0.05, 0.1) is 29.5 Å². The van der Waals surface area contributed by atoms with Gasteiger partial charge >= 0.3 is 6.18 Å². The molecular formula is C17H15F3N4O2S2. The SMILES string of the molecule is CNCc1ccc(C(=O)CSc2nc(C(F)(F)F)nc3cnc(OC)cc23)s1. The number of thiophene rings is 1. The number of ketones is 1. The molecule has 0 saturated heterocycles. The number of carbonyl (C=O) groups is 1. The molecule has 0 radical (unpaired) electrons. The van der Waals surface area contributed by atoms with E-state index in [1.54, 1.807) is 13.1 Å². The van der Waals surface area contributed by atoms with Crippen LogP contribution in [0.5, 0.6) is 5.88 Å². The van der Waals surface area contributed by atoms with Crippen LogP contribution in [-0.2, 0) is 12.7 Å². The van der Waals surface area contributed by atoms with E-state index in [9.17, 15) is 18.0 Å². The summed E-state index contributed by atoms with van der Waals surface area (Å²) >= 11 is 2.28. The molecule has 3 aromatic rings. The van der Waals surface area contributed by atoms with Gasteiger partial charge in [0.15, 0.2) is 5.78 Å². The molecule has 3 heterocycles. The number of alkyl halides is 3. The van der Waals surface area contributed by atoms with Gasteiger partial charge in [-0.25, -0.2) is 15.0 Å². The highest BCUT2D eigenvalue weighted by atomic mass is 32.2. The van der Waals surface area contributed by atoms with E-state index in [4.69, 9.17) is 4.74 Å². The maximum absolute atomic E-state index is 13.1. The van der Waals surface area contributed by atoms with E-state index in [1.165, 1.54) is 30.7 Å². The van der Waals surface area contributed by atoms with Crippen LogP contribution < -0.4 is 10.1 Å². The molecule has 0 aliphatic carbocycles. The lowest BCUT2D eigenvalue weighted by molar-refractivity contribution is -0.145. The third-order valence-corrected chi connectivity index (χ3v) is 5.73. The highest BCUT2D eigenvalue weighted by Gasteiger charge is 2.35. The molecule has 11 heteroatoms. The normalized spacial score (nSPS) is 11.8. The zero-order valence-corrected chi connectivity index (χ0v) is 16.5. The van der Waals surface area contributed by atoms with Gasteiger partial charge < -0.3 is 10.1 Å². The van der Waals surface area contributed by atoms with Crippen molar-refractivity contribution in [2.45, 2.75) is 17.7 Å². The number of hydrogen-bond donors (Lipinski definition) is 1. The Morgan fingerprint density at radius 3 is 2.79 bits per heavy atom. The molecule has 1 N–H and O–H groups in total. The van der Waals surface area contributed by atoms with Crippen LogP contribution >= 0.6 is 23.1 Å². The van der Waals surface area contributed by atoms with Crippen LogP contribution in [0.1, 0.15) is 20.4 Å². The number of thioether (sulfide) groups is 1. The number of rotatable bonds is 7. The molecule has 0 unspecified atom stereocenters. The van der Waals surface area contributed by atoms with Crippen molar-refractivity contribution >= 4 is 39.8 Å². The molecule has 3 rings (SSSR count). The minimum Gasteiger partial charge on any atom is -0.481 e. The maximum Gasteiger partial charge on any atom is 0.451 e. The van der Waals surface area contributed by atoms with Crippen molar-refractivity contribution in [1.29, 1.82) is 0 Å². The number of fused-ring (bicyclic) bond motifs is 1. The average molecular weight is 428 g/mol. The molecule has 0 bridgehead atoms. The highest BCUT2D eigenvalue weighted by molar-refractivity contribution is 8.00. The molecule has 3 aromatic heterocycles. The number of pyridine rings is 1. The Bertz CT molecular complexity index is 1010. The summed E-state index contributed by atoms with van der Waals surface area (Å²) in [5.74, 6) is -1.28. The summed E-state index contributed by atoms with van der Waals surface area (Å²) < 4.78 is 44.4. The van der Waals surface area contributed by atoms with E-state index in [0.717, 1.165) is 16.6 Å². The van der Waals surface area contributed by atoms with Gasteiger partial charge in [-0.05, 0) is 19.2 Å². The van der Waals surface area contributed by atoms with Crippen molar-refractivity contribution in [3.8, 4) is 5.88 Å². The molecule has 28 heavy (non-hydrogen) atoms. The standard InChI is InChI=1S/C17H15F3N4O2S2/c1-21-6-9-3-4-13(28-9)12(25)8-27-15-10-5-14(26-2)22-7-11(10)23-16(24-15)17(18,19)20/h3-5,7,21H,6,8H2,1-2H3. The molecule has 148 valence electrons. The van der Waals surface area contributed by atoms with E-state index in [2.05, 4.69) is 20.3 Å². The van der Waals surface area contributed by atoms with Crippen LogP contribution in [0.25, 0.3) is 10.9 Å². The Morgan fingerprint density at radius 1 is 1.32 bits per heavy atom. The van der Waals surface area contributed by atoms with Gasteiger partial charge in [0.2, 0.25) is 11.7 Å². The number of ether oxygens (including phenoxy) is 1. The summed E-state index contributed by atoms with van der Waals surface area (Å²) in [7, 11) is 3.20. The molecule has 0 aromatic carbocycles. The third-order valence-electron chi connectivity index (χ3n) is 3.61. The summed E-state index contributed by atoms with van der Waals surface area (Å²) in [6.45, 7) is 0.642. The monoisotopic (exact) mass is 428 g/mol. The lowest BCUT2D eigenvalue weighted by Gasteiger charge is -2.10. The fourth-order valence-electron chi connectivity index (χ4n) is 2.34. The van der Waals surface area contributed by atoms with Crippen molar-refractivity contribution < 1.29 is 22.7 Å². The van der Waals surface area contributed by atoms with Gasteiger partial charge in [0.25, 0.3) is 0 Å². The summed E-state index contributed by atoms with van der Waals surface area (Å²) in [6, 6.07) is 5.02.